The summed E-state index contributed by atoms with van der Waals surface area (Å²) in [5, 5.41) is 21.5. The highest BCUT2D eigenvalue weighted by Gasteiger charge is 2.28. The largest absolute Gasteiger partial charge is 0.508 e. The van der Waals surface area contributed by atoms with Gasteiger partial charge in [-0.2, -0.15) is 0 Å². The second-order valence-corrected chi connectivity index (χ2v) is 14.8. The molecule has 0 unspecified atom stereocenters. The molecule has 1 nitrogen and oxygen atoms in total. The van der Waals surface area contributed by atoms with Crippen LogP contribution in [0.3, 0.4) is 0 Å². The van der Waals surface area contributed by atoms with E-state index < -0.39 is 0 Å². The SMILES string of the molecule is [B]c1c(C)c(C)c2c(-c3cccc4c(-c5ccc6ccccc6c5)cccc34)c3c(C)c(C)c(C)c(C)c3c(-c3cc(C)c(C)cc3C)c2c1O. The van der Waals surface area contributed by atoms with Crippen LogP contribution >= 0.6 is 0 Å². The molecular formula is C49H43BO. The highest BCUT2D eigenvalue weighted by atomic mass is 16.3. The van der Waals surface area contributed by atoms with E-state index in [9.17, 15) is 5.11 Å². The molecule has 51 heavy (non-hydrogen) atoms. The summed E-state index contributed by atoms with van der Waals surface area (Å²) >= 11 is 0. The van der Waals surface area contributed by atoms with Gasteiger partial charge >= 0.3 is 0 Å². The number of fused-ring (bicyclic) bond motifs is 4. The first-order valence-electron chi connectivity index (χ1n) is 18.0. The molecule has 8 rings (SSSR count). The molecule has 0 saturated heterocycles. The zero-order chi connectivity index (χ0) is 36.0. The van der Waals surface area contributed by atoms with Crippen molar-refractivity contribution in [3.05, 3.63) is 141 Å². The van der Waals surface area contributed by atoms with Crippen LogP contribution in [0.5, 0.6) is 5.75 Å². The quantitative estimate of drug-likeness (QED) is 0.148. The third-order valence-corrected chi connectivity index (χ3v) is 12.1. The van der Waals surface area contributed by atoms with E-state index in [0.717, 1.165) is 44.2 Å². The lowest BCUT2D eigenvalue weighted by Gasteiger charge is -2.27. The molecule has 0 atom stereocenters. The molecule has 0 saturated carbocycles. The van der Waals surface area contributed by atoms with Crippen molar-refractivity contribution in [1.29, 1.82) is 0 Å². The van der Waals surface area contributed by atoms with Crippen LogP contribution in [0.2, 0.25) is 0 Å². The maximum atomic E-state index is 12.3. The van der Waals surface area contributed by atoms with Crippen LogP contribution in [0.1, 0.15) is 50.1 Å². The predicted octanol–water partition coefficient (Wildman–Crippen LogP) is 12.6. The Morgan fingerprint density at radius 2 is 0.941 bits per heavy atom. The van der Waals surface area contributed by atoms with Gasteiger partial charge in [-0.3, -0.25) is 0 Å². The van der Waals surface area contributed by atoms with Gasteiger partial charge in [-0.25, -0.2) is 0 Å². The molecule has 8 aromatic carbocycles. The number of hydrogen-bond acceptors (Lipinski definition) is 1. The molecule has 0 fully saturated rings. The van der Waals surface area contributed by atoms with Gasteiger partial charge in [-0.1, -0.05) is 96.0 Å². The normalized spacial score (nSPS) is 11.8. The van der Waals surface area contributed by atoms with Crippen LogP contribution < -0.4 is 5.46 Å². The van der Waals surface area contributed by atoms with Gasteiger partial charge < -0.3 is 5.11 Å². The molecule has 0 aliphatic rings. The number of phenolic OH excluding ortho intramolecular Hbond substituents is 1. The van der Waals surface area contributed by atoms with Gasteiger partial charge in [-0.05, 0) is 178 Å². The predicted molar refractivity (Wildman–Crippen MR) is 222 cm³/mol. The fourth-order valence-corrected chi connectivity index (χ4v) is 8.66. The molecule has 0 aromatic heterocycles. The average Bonchev–Trinajstić information content (AvgIpc) is 3.14. The molecule has 0 aliphatic heterocycles. The van der Waals surface area contributed by atoms with Crippen molar-refractivity contribution >= 4 is 56.4 Å². The number of rotatable bonds is 3. The summed E-state index contributed by atoms with van der Waals surface area (Å²) in [6.45, 7) is 19.8. The van der Waals surface area contributed by atoms with E-state index in [2.05, 4.69) is 146 Å². The molecule has 2 heteroatoms. The summed E-state index contributed by atoms with van der Waals surface area (Å²) in [6, 6.07) is 33.3. The Morgan fingerprint density at radius 3 is 1.61 bits per heavy atom. The lowest BCUT2D eigenvalue weighted by molar-refractivity contribution is 0.485. The Labute approximate surface area is 303 Å². The molecule has 0 bridgehead atoms. The summed E-state index contributed by atoms with van der Waals surface area (Å²) in [5.41, 5.74) is 18.1. The third-order valence-electron chi connectivity index (χ3n) is 12.1. The first-order chi connectivity index (χ1) is 24.4. The Hall–Kier alpha value is -5.34. The molecule has 0 heterocycles. The maximum Gasteiger partial charge on any atom is 0.119 e. The van der Waals surface area contributed by atoms with E-state index in [1.807, 2.05) is 6.92 Å². The van der Waals surface area contributed by atoms with Gasteiger partial charge in [0, 0.05) is 10.9 Å². The molecule has 8 aromatic rings. The standard InChI is InChI=1S/C49H43BO/c1-25-22-27(3)41(23-26(25)2)46-43-31(7)29(5)28(4)30(6)42(43)45(44-32(8)33(9)48(50)49(51)47(44)46)40-19-13-17-38-37(16-12-18-39(38)40)36-21-20-34-14-10-11-15-35(34)24-36/h10-24,51H,1-9H3. The molecule has 1 N–H and O–H groups in total. The van der Waals surface area contributed by atoms with Crippen LogP contribution in [0, 0.1) is 62.3 Å². The summed E-state index contributed by atoms with van der Waals surface area (Å²) in [5.74, 6) is 0.163. The highest BCUT2D eigenvalue weighted by Crippen LogP contribution is 2.52. The minimum absolute atomic E-state index is 0.163. The minimum Gasteiger partial charge on any atom is -0.508 e. The van der Waals surface area contributed by atoms with Gasteiger partial charge in [0.15, 0.2) is 0 Å². The van der Waals surface area contributed by atoms with Crippen LogP contribution in [0.15, 0.2) is 91.0 Å². The second-order valence-electron chi connectivity index (χ2n) is 14.8. The third kappa shape index (κ3) is 4.76. The van der Waals surface area contributed by atoms with Gasteiger partial charge in [0.1, 0.15) is 13.6 Å². The van der Waals surface area contributed by atoms with E-state index >= 15 is 0 Å². The lowest BCUT2D eigenvalue weighted by atomic mass is 9.74. The van der Waals surface area contributed by atoms with Crippen molar-refractivity contribution in [2.24, 2.45) is 0 Å². The van der Waals surface area contributed by atoms with Gasteiger partial charge in [0.05, 0.1) is 0 Å². The summed E-state index contributed by atoms with van der Waals surface area (Å²) in [6.07, 6.45) is 0. The van der Waals surface area contributed by atoms with Crippen molar-refractivity contribution < 1.29 is 5.11 Å². The summed E-state index contributed by atoms with van der Waals surface area (Å²) in [4.78, 5) is 0. The van der Waals surface area contributed by atoms with E-state index in [1.54, 1.807) is 0 Å². The smallest absolute Gasteiger partial charge is 0.119 e. The Balaban J connectivity index is 1.62. The maximum absolute atomic E-state index is 12.3. The Morgan fingerprint density at radius 1 is 0.412 bits per heavy atom. The number of phenols is 1. The van der Waals surface area contributed by atoms with E-state index in [-0.39, 0.29) is 5.75 Å². The number of aryl methyl sites for hydroxylation is 6. The highest BCUT2D eigenvalue weighted by molar-refractivity contribution is 6.39. The molecule has 0 amide bonds. The average molecular weight is 659 g/mol. The molecule has 248 valence electrons. The Kier molecular flexibility index (Phi) is 7.65. The van der Waals surface area contributed by atoms with Crippen molar-refractivity contribution in [2.75, 3.05) is 0 Å². The first kappa shape index (κ1) is 32.8. The second kappa shape index (κ2) is 11.9. The Bertz CT molecular complexity index is 2720. The molecule has 0 aliphatic carbocycles. The van der Waals surface area contributed by atoms with Crippen molar-refractivity contribution in [3.63, 3.8) is 0 Å². The van der Waals surface area contributed by atoms with Crippen LogP contribution in [-0.4, -0.2) is 13.0 Å². The summed E-state index contributed by atoms with van der Waals surface area (Å²) < 4.78 is 0. The topological polar surface area (TPSA) is 20.2 Å². The zero-order valence-corrected chi connectivity index (χ0v) is 31.2. The lowest BCUT2D eigenvalue weighted by Crippen LogP contribution is -2.12. The van der Waals surface area contributed by atoms with E-state index in [0.29, 0.717) is 5.46 Å². The van der Waals surface area contributed by atoms with Gasteiger partial charge in [0.25, 0.3) is 0 Å². The fourth-order valence-electron chi connectivity index (χ4n) is 8.66. The number of benzene rings is 8. The monoisotopic (exact) mass is 658 g/mol. The minimum atomic E-state index is 0.163. The summed E-state index contributed by atoms with van der Waals surface area (Å²) in [7, 11) is 6.81. The van der Waals surface area contributed by atoms with E-state index in [4.69, 9.17) is 7.85 Å². The van der Waals surface area contributed by atoms with Crippen LogP contribution in [0.25, 0.3) is 76.5 Å². The number of aromatic hydroxyl groups is 1. The van der Waals surface area contributed by atoms with Crippen LogP contribution in [-0.2, 0) is 0 Å². The molecule has 0 spiro atoms. The first-order valence-corrected chi connectivity index (χ1v) is 18.0. The fraction of sp³-hybridized carbons (Fsp3) is 0.184. The molecular weight excluding hydrogens is 615 g/mol. The molecule has 2 radical (unpaired) electrons. The van der Waals surface area contributed by atoms with Gasteiger partial charge in [0.2, 0.25) is 0 Å². The van der Waals surface area contributed by atoms with Gasteiger partial charge in [-0.15, -0.1) is 0 Å². The van der Waals surface area contributed by atoms with Crippen LogP contribution in [0.4, 0.5) is 0 Å². The van der Waals surface area contributed by atoms with Crippen molar-refractivity contribution in [2.45, 2.75) is 62.3 Å². The van der Waals surface area contributed by atoms with Crippen molar-refractivity contribution in [3.8, 4) is 39.1 Å². The zero-order valence-electron chi connectivity index (χ0n) is 31.2. The van der Waals surface area contributed by atoms with Crippen molar-refractivity contribution in [1.82, 2.24) is 0 Å². The number of hydrogen-bond donors (Lipinski definition) is 1. The van der Waals surface area contributed by atoms with E-state index in [1.165, 1.54) is 82.4 Å².